The van der Waals surface area contributed by atoms with Gasteiger partial charge in [0.1, 0.15) is 0 Å². The van der Waals surface area contributed by atoms with Crippen LogP contribution in [-0.2, 0) is 4.79 Å². The van der Waals surface area contributed by atoms with E-state index in [1.807, 2.05) is 0 Å². The second-order valence-corrected chi connectivity index (χ2v) is 6.14. The molecule has 0 saturated carbocycles. The van der Waals surface area contributed by atoms with Crippen LogP contribution in [0.3, 0.4) is 0 Å². The maximum absolute atomic E-state index is 11.0. The van der Waals surface area contributed by atoms with Crippen LogP contribution in [0.2, 0.25) is 0 Å². The predicted molar refractivity (Wildman–Crippen MR) is 101 cm³/mol. The lowest BCUT2D eigenvalue weighted by atomic mass is 9.96. The van der Waals surface area contributed by atoms with E-state index in [-0.39, 0.29) is 5.92 Å². The Hall–Kier alpha value is -1.31. The van der Waals surface area contributed by atoms with Gasteiger partial charge in [-0.1, -0.05) is 76.0 Å². The third kappa shape index (κ3) is 15.4. The SMILES string of the molecule is CCC/C=C\C/C=C\C/C=C/CCCCCC(CCC)C(=O)O. The predicted octanol–water partition coefficient (Wildman–Crippen LogP) is 6.69. The molecule has 1 unspecified atom stereocenters. The van der Waals surface area contributed by atoms with Gasteiger partial charge in [-0.2, -0.15) is 0 Å². The summed E-state index contributed by atoms with van der Waals surface area (Å²) in [6, 6.07) is 0. The van der Waals surface area contributed by atoms with Crippen LogP contribution in [0, 0.1) is 5.92 Å². The van der Waals surface area contributed by atoms with Crippen molar-refractivity contribution in [2.45, 2.75) is 84.5 Å². The van der Waals surface area contributed by atoms with Gasteiger partial charge in [-0.3, -0.25) is 4.79 Å². The summed E-state index contributed by atoms with van der Waals surface area (Å²) in [7, 11) is 0. The summed E-state index contributed by atoms with van der Waals surface area (Å²) in [6.45, 7) is 4.25. The summed E-state index contributed by atoms with van der Waals surface area (Å²) in [5.41, 5.74) is 0. The van der Waals surface area contributed by atoms with Gasteiger partial charge in [0.2, 0.25) is 0 Å². The van der Waals surface area contributed by atoms with Crippen LogP contribution in [0.5, 0.6) is 0 Å². The van der Waals surface area contributed by atoms with Gasteiger partial charge in [0.05, 0.1) is 5.92 Å². The molecule has 0 saturated heterocycles. The molecule has 0 radical (unpaired) electrons. The normalized spacial score (nSPS) is 13.5. The molecule has 0 amide bonds. The third-order valence-electron chi connectivity index (χ3n) is 3.91. The fourth-order valence-electron chi connectivity index (χ4n) is 2.51. The minimum Gasteiger partial charge on any atom is -0.481 e. The van der Waals surface area contributed by atoms with E-state index >= 15 is 0 Å². The zero-order valence-corrected chi connectivity index (χ0v) is 15.2. The molecule has 0 spiro atoms. The van der Waals surface area contributed by atoms with Gasteiger partial charge in [0.15, 0.2) is 0 Å². The van der Waals surface area contributed by atoms with E-state index in [0.29, 0.717) is 0 Å². The van der Waals surface area contributed by atoms with E-state index in [9.17, 15) is 4.79 Å². The first kappa shape index (κ1) is 21.7. The lowest BCUT2D eigenvalue weighted by Crippen LogP contribution is -2.13. The third-order valence-corrected chi connectivity index (χ3v) is 3.91. The Bertz CT molecular complexity index is 353. The van der Waals surface area contributed by atoms with Crippen molar-refractivity contribution in [3.63, 3.8) is 0 Å². The first-order valence-corrected chi connectivity index (χ1v) is 9.40. The minimum absolute atomic E-state index is 0.132. The van der Waals surface area contributed by atoms with Gasteiger partial charge in [-0.15, -0.1) is 0 Å². The minimum atomic E-state index is -0.622. The van der Waals surface area contributed by atoms with E-state index in [0.717, 1.165) is 51.4 Å². The Morgan fingerprint density at radius 3 is 1.96 bits per heavy atom. The fraction of sp³-hybridized carbons (Fsp3) is 0.667. The van der Waals surface area contributed by atoms with Crippen molar-refractivity contribution in [1.82, 2.24) is 0 Å². The van der Waals surface area contributed by atoms with Gasteiger partial charge in [-0.05, 0) is 44.9 Å². The van der Waals surface area contributed by atoms with Gasteiger partial charge < -0.3 is 5.11 Å². The lowest BCUT2D eigenvalue weighted by Gasteiger charge is -2.10. The molecule has 0 heterocycles. The first-order chi connectivity index (χ1) is 11.2. The molecule has 0 bridgehead atoms. The molecule has 1 N–H and O–H groups in total. The number of rotatable bonds is 15. The maximum Gasteiger partial charge on any atom is 0.306 e. The van der Waals surface area contributed by atoms with Crippen molar-refractivity contribution in [2.24, 2.45) is 5.92 Å². The number of aliphatic carboxylic acids is 1. The van der Waals surface area contributed by atoms with E-state index < -0.39 is 5.97 Å². The van der Waals surface area contributed by atoms with Gasteiger partial charge in [0, 0.05) is 0 Å². The standard InChI is InChI=1S/C21H36O2/c1-3-5-6-7-8-9-10-11-12-13-14-15-16-17-19-20(18-4-2)21(22)23/h6-7,9-10,12-13,20H,3-5,8,11,14-19H2,1-2H3,(H,22,23)/b7-6-,10-9-,13-12+. The van der Waals surface area contributed by atoms with Gasteiger partial charge in [-0.25, -0.2) is 0 Å². The largest absolute Gasteiger partial charge is 0.481 e. The van der Waals surface area contributed by atoms with Crippen LogP contribution in [0.4, 0.5) is 0 Å². The summed E-state index contributed by atoms with van der Waals surface area (Å²) in [5.74, 6) is -0.755. The number of allylic oxidation sites excluding steroid dienone is 6. The van der Waals surface area contributed by atoms with Gasteiger partial charge in [0.25, 0.3) is 0 Å². The van der Waals surface area contributed by atoms with Crippen molar-refractivity contribution in [3.8, 4) is 0 Å². The van der Waals surface area contributed by atoms with Crippen LogP contribution in [-0.4, -0.2) is 11.1 Å². The number of hydrogen-bond donors (Lipinski definition) is 1. The Morgan fingerprint density at radius 1 is 0.783 bits per heavy atom. The topological polar surface area (TPSA) is 37.3 Å². The zero-order valence-electron chi connectivity index (χ0n) is 15.2. The molecule has 2 heteroatoms. The molecule has 23 heavy (non-hydrogen) atoms. The second kappa shape index (κ2) is 17.1. The fourth-order valence-corrected chi connectivity index (χ4v) is 2.51. The molecular weight excluding hydrogens is 284 g/mol. The van der Waals surface area contributed by atoms with Gasteiger partial charge >= 0.3 is 5.97 Å². The van der Waals surface area contributed by atoms with E-state index in [1.165, 1.54) is 19.3 Å². The molecule has 0 rings (SSSR count). The number of hydrogen-bond acceptors (Lipinski definition) is 1. The average Bonchev–Trinajstić information content (AvgIpc) is 2.54. The molecule has 132 valence electrons. The molecular formula is C21H36O2. The van der Waals surface area contributed by atoms with Crippen LogP contribution in [0.15, 0.2) is 36.5 Å². The van der Waals surface area contributed by atoms with Crippen LogP contribution < -0.4 is 0 Å². The molecule has 0 aromatic heterocycles. The molecule has 1 atom stereocenters. The van der Waals surface area contributed by atoms with Crippen molar-refractivity contribution >= 4 is 5.97 Å². The maximum atomic E-state index is 11.0. The highest BCUT2D eigenvalue weighted by Gasteiger charge is 2.14. The summed E-state index contributed by atoms with van der Waals surface area (Å²) in [4.78, 5) is 11.0. The van der Waals surface area contributed by atoms with Crippen LogP contribution >= 0.6 is 0 Å². The highest BCUT2D eigenvalue weighted by atomic mass is 16.4. The smallest absolute Gasteiger partial charge is 0.306 e. The monoisotopic (exact) mass is 320 g/mol. The second-order valence-electron chi connectivity index (χ2n) is 6.14. The van der Waals surface area contributed by atoms with E-state index in [1.54, 1.807) is 0 Å². The van der Waals surface area contributed by atoms with E-state index in [4.69, 9.17) is 5.11 Å². The number of unbranched alkanes of at least 4 members (excludes halogenated alkanes) is 4. The van der Waals surface area contributed by atoms with Crippen molar-refractivity contribution < 1.29 is 9.90 Å². The number of carbonyl (C=O) groups is 1. The Balaban J connectivity index is 3.50. The number of carboxylic acids is 1. The summed E-state index contributed by atoms with van der Waals surface area (Å²) in [5, 5.41) is 9.09. The lowest BCUT2D eigenvalue weighted by molar-refractivity contribution is -0.142. The number of carboxylic acid groups (broad SMARTS) is 1. The van der Waals surface area contributed by atoms with Crippen molar-refractivity contribution in [3.05, 3.63) is 36.5 Å². The van der Waals surface area contributed by atoms with Crippen LogP contribution in [0.25, 0.3) is 0 Å². The van der Waals surface area contributed by atoms with Crippen LogP contribution in [0.1, 0.15) is 84.5 Å². The zero-order chi connectivity index (χ0) is 17.2. The average molecular weight is 321 g/mol. The quantitative estimate of drug-likeness (QED) is 0.270. The molecule has 0 aliphatic heterocycles. The Morgan fingerprint density at radius 2 is 1.39 bits per heavy atom. The Kier molecular flexibility index (Phi) is 16.1. The first-order valence-electron chi connectivity index (χ1n) is 9.40. The molecule has 0 aliphatic rings. The van der Waals surface area contributed by atoms with Crippen molar-refractivity contribution in [1.29, 1.82) is 0 Å². The molecule has 2 nitrogen and oxygen atoms in total. The summed E-state index contributed by atoms with van der Waals surface area (Å²) >= 11 is 0. The van der Waals surface area contributed by atoms with E-state index in [2.05, 4.69) is 50.3 Å². The molecule has 0 aromatic rings. The summed E-state index contributed by atoms with van der Waals surface area (Å²) < 4.78 is 0. The molecule has 0 aliphatic carbocycles. The van der Waals surface area contributed by atoms with Crippen molar-refractivity contribution in [2.75, 3.05) is 0 Å². The highest BCUT2D eigenvalue weighted by molar-refractivity contribution is 5.69. The Labute approximate surface area is 143 Å². The summed E-state index contributed by atoms with van der Waals surface area (Å²) in [6.07, 6.45) is 24.9. The highest BCUT2D eigenvalue weighted by Crippen LogP contribution is 2.16. The molecule has 0 aromatic carbocycles. The molecule has 0 fully saturated rings.